The maximum Gasteiger partial charge on any atom is 0.335 e. The van der Waals surface area contributed by atoms with Gasteiger partial charge in [-0.1, -0.05) is 6.07 Å². The molecule has 0 aliphatic heterocycles. The highest BCUT2D eigenvalue weighted by Crippen LogP contribution is 2.13. The molecule has 110 valence electrons. The maximum absolute atomic E-state index is 10.9. The highest BCUT2D eigenvalue weighted by molar-refractivity contribution is 5.88. The number of benzene rings is 1. The molecular formula is C14H20N2O4. The molecule has 0 spiro atoms. The van der Waals surface area contributed by atoms with Crippen molar-refractivity contribution in [2.45, 2.75) is 25.8 Å². The second-order valence-corrected chi connectivity index (χ2v) is 5.14. The summed E-state index contributed by atoms with van der Waals surface area (Å²) < 4.78 is 5.46. The van der Waals surface area contributed by atoms with Crippen molar-refractivity contribution in [2.75, 3.05) is 13.2 Å². The Balaban J connectivity index is 2.39. The van der Waals surface area contributed by atoms with Crippen molar-refractivity contribution in [1.82, 2.24) is 5.32 Å². The summed E-state index contributed by atoms with van der Waals surface area (Å²) >= 11 is 0. The van der Waals surface area contributed by atoms with Gasteiger partial charge in [0.15, 0.2) is 0 Å². The van der Waals surface area contributed by atoms with Gasteiger partial charge in [-0.05, 0) is 32.0 Å². The first-order chi connectivity index (χ1) is 9.30. The molecule has 1 amide bonds. The molecule has 6 heteroatoms. The summed E-state index contributed by atoms with van der Waals surface area (Å²) in [5.74, 6) is -0.854. The first kappa shape index (κ1) is 16.0. The summed E-state index contributed by atoms with van der Waals surface area (Å²) in [6.07, 6.45) is 0.238. The SMILES string of the molecule is CC(C)(CC(N)=O)NCCOc1cccc(C(=O)O)c1. The fourth-order valence-corrected chi connectivity index (χ4v) is 1.78. The normalized spacial score (nSPS) is 11.1. The minimum absolute atomic E-state index is 0.185. The smallest absolute Gasteiger partial charge is 0.335 e. The number of amides is 1. The zero-order valence-corrected chi connectivity index (χ0v) is 11.7. The lowest BCUT2D eigenvalue weighted by atomic mass is 10.0. The molecule has 1 aromatic rings. The van der Waals surface area contributed by atoms with Crippen molar-refractivity contribution < 1.29 is 19.4 Å². The Hall–Kier alpha value is -2.08. The molecule has 4 N–H and O–H groups in total. The van der Waals surface area contributed by atoms with Gasteiger partial charge in [-0.3, -0.25) is 4.79 Å². The van der Waals surface area contributed by atoms with Crippen LogP contribution in [0.3, 0.4) is 0 Å². The van der Waals surface area contributed by atoms with Crippen LogP contribution in [0.25, 0.3) is 0 Å². The number of rotatable bonds is 8. The van der Waals surface area contributed by atoms with Crippen molar-refractivity contribution >= 4 is 11.9 Å². The van der Waals surface area contributed by atoms with Crippen LogP contribution < -0.4 is 15.8 Å². The Kier molecular flexibility index (Phi) is 5.52. The molecule has 0 radical (unpaired) electrons. The first-order valence-corrected chi connectivity index (χ1v) is 6.30. The van der Waals surface area contributed by atoms with Gasteiger partial charge in [0.05, 0.1) is 5.56 Å². The third-order valence-electron chi connectivity index (χ3n) is 2.67. The summed E-state index contributed by atoms with van der Waals surface area (Å²) in [6, 6.07) is 6.30. The minimum Gasteiger partial charge on any atom is -0.492 e. The van der Waals surface area contributed by atoms with E-state index in [-0.39, 0.29) is 17.9 Å². The van der Waals surface area contributed by atoms with Crippen LogP contribution in [0.15, 0.2) is 24.3 Å². The third-order valence-corrected chi connectivity index (χ3v) is 2.67. The molecule has 0 saturated carbocycles. The van der Waals surface area contributed by atoms with E-state index in [9.17, 15) is 9.59 Å². The van der Waals surface area contributed by atoms with Gasteiger partial charge in [0.1, 0.15) is 12.4 Å². The topological polar surface area (TPSA) is 102 Å². The van der Waals surface area contributed by atoms with E-state index in [0.717, 1.165) is 0 Å². The predicted octanol–water partition coefficient (Wildman–Crippen LogP) is 1.01. The Morgan fingerprint density at radius 1 is 1.40 bits per heavy atom. The van der Waals surface area contributed by atoms with E-state index in [2.05, 4.69) is 5.32 Å². The van der Waals surface area contributed by atoms with Gasteiger partial charge in [0.2, 0.25) is 5.91 Å². The number of aromatic carboxylic acids is 1. The Morgan fingerprint density at radius 2 is 2.10 bits per heavy atom. The number of hydrogen-bond donors (Lipinski definition) is 3. The number of carbonyl (C=O) groups is 2. The molecule has 0 heterocycles. The predicted molar refractivity (Wildman–Crippen MR) is 74.8 cm³/mol. The first-order valence-electron chi connectivity index (χ1n) is 6.30. The molecule has 0 bridgehead atoms. The summed E-state index contributed by atoms with van der Waals surface area (Å²) in [6.45, 7) is 4.65. The fourth-order valence-electron chi connectivity index (χ4n) is 1.78. The van der Waals surface area contributed by atoms with Gasteiger partial charge in [-0.25, -0.2) is 4.79 Å². The van der Waals surface area contributed by atoms with Crippen LogP contribution in [0.2, 0.25) is 0 Å². The minimum atomic E-state index is -0.990. The number of ether oxygens (including phenoxy) is 1. The summed E-state index contributed by atoms with van der Waals surface area (Å²) in [5.41, 5.74) is 4.95. The number of hydrogen-bond acceptors (Lipinski definition) is 4. The average Bonchev–Trinajstić information content (AvgIpc) is 2.33. The summed E-state index contributed by atoms with van der Waals surface area (Å²) in [4.78, 5) is 21.7. The van der Waals surface area contributed by atoms with Crippen LogP contribution in [0, 0.1) is 0 Å². The van der Waals surface area contributed by atoms with Crippen LogP contribution in [-0.2, 0) is 4.79 Å². The van der Waals surface area contributed by atoms with Gasteiger partial charge in [-0.2, -0.15) is 0 Å². The lowest BCUT2D eigenvalue weighted by Gasteiger charge is -2.24. The van der Waals surface area contributed by atoms with E-state index in [1.54, 1.807) is 12.1 Å². The molecule has 1 aromatic carbocycles. The van der Waals surface area contributed by atoms with Crippen LogP contribution in [-0.4, -0.2) is 35.7 Å². The van der Waals surface area contributed by atoms with Gasteiger partial charge < -0.3 is 20.9 Å². The quantitative estimate of drug-likeness (QED) is 0.617. The van der Waals surface area contributed by atoms with E-state index >= 15 is 0 Å². The summed E-state index contributed by atoms with van der Waals surface area (Å²) in [5, 5.41) is 12.0. The lowest BCUT2D eigenvalue weighted by Crippen LogP contribution is -2.44. The zero-order chi connectivity index (χ0) is 15.2. The Labute approximate surface area is 117 Å². The number of carboxylic acid groups (broad SMARTS) is 1. The Bertz CT molecular complexity index is 486. The molecule has 0 aliphatic rings. The zero-order valence-electron chi connectivity index (χ0n) is 11.7. The van der Waals surface area contributed by atoms with E-state index in [4.69, 9.17) is 15.6 Å². The van der Waals surface area contributed by atoms with Crippen molar-refractivity contribution in [3.8, 4) is 5.75 Å². The summed E-state index contributed by atoms with van der Waals surface area (Å²) in [7, 11) is 0. The molecule has 20 heavy (non-hydrogen) atoms. The van der Waals surface area contributed by atoms with Crippen molar-refractivity contribution in [3.63, 3.8) is 0 Å². The lowest BCUT2D eigenvalue weighted by molar-refractivity contribution is -0.119. The molecule has 6 nitrogen and oxygen atoms in total. The van der Waals surface area contributed by atoms with Gasteiger partial charge in [-0.15, -0.1) is 0 Å². The van der Waals surface area contributed by atoms with Crippen LogP contribution in [0.1, 0.15) is 30.6 Å². The van der Waals surface area contributed by atoms with Gasteiger partial charge in [0.25, 0.3) is 0 Å². The second kappa shape index (κ2) is 6.91. The molecule has 0 aromatic heterocycles. The van der Waals surface area contributed by atoms with Gasteiger partial charge >= 0.3 is 5.97 Å². The van der Waals surface area contributed by atoms with Crippen LogP contribution >= 0.6 is 0 Å². The molecule has 0 unspecified atom stereocenters. The maximum atomic E-state index is 10.9. The molecular weight excluding hydrogens is 260 g/mol. The molecule has 1 rings (SSSR count). The van der Waals surface area contributed by atoms with E-state index in [1.807, 2.05) is 13.8 Å². The number of carbonyl (C=O) groups excluding carboxylic acids is 1. The number of primary amides is 1. The highest BCUT2D eigenvalue weighted by Gasteiger charge is 2.19. The van der Waals surface area contributed by atoms with Gasteiger partial charge in [0, 0.05) is 18.5 Å². The van der Waals surface area contributed by atoms with Crippen molar-refractivity contribution in [1.29, 1.82) is 0 Å². The molecule has 0 fully saturated rings. The van der Waals surface area contributed by atoms with E-state index < -0.39 is 11.5 Å². The van der Waals surface area contributed by atoms with Crippen molar-refractivity contribution in [3.05, 3.63) is 29.8 Å². The molecule has 0 saturated heterocycles. The highest BCUT2D eigenvalue weighted by atomic mass is 16.5. The largest absolute Gasteiger partial charge is 0.492 e. The number of nitrogens with one attached hydrogen (secondary N) is 1. The molecule has 0 atom stereocenters. The van der Waals surface area contributed by atoms with E-state index in [1.165, 1.54) is 12.1 Å². The monoisotopic (exact) mass is 280 g/mol. The average molecular weight is 280 g/mol. The number of nitrogens with two attached hydrogens (primary N) is 1. The Morgan fingerprint density at radius 3 is 2.70 bits per heavy atom. The molecule has 0 aliphatic carbocycles. The van der Waals surface area contributed by atoms with Crippen LogP contribution in [0.4, 0.5) is 0 Å². The number of carboxylic acids is 1. The van der Waals surface area contributed by atoms with Crippen molar-refractivity contribution in [2.24, 2.45) is 5.73 Å². The van der Waals surface area contributed by atoms with E-state index in [0.29, 0.717) is 18.9 Å². The standard InChI is InChI=1S/C14H20N2O4/c1-14(2,9-12(15)17)16-6-7-20-11-5-3-4-10(8-11)13(18)19/h3-5,8,16H,6-7,9H2,1-2H3,(H2,15,17)(H,18,19). The fraction of sp³-hybridized carbons (Fsp3) is 0.429. The second-order valence-electron chi connectivity index (χ2n) is 5.14. The third kappa shape index (κ3) is 5.71. The van der Waals surface area contributed by atoms with Crippen LogP contribution in [0.5, 0.6) is 5.75 Å².